The Morgan fingerprint density at radius 1 is 1.10 bits per heavy atom. The van der Waals surface area contributed by atoms with Crippen molar-refractivity contribution in [2.45, 2.75) is 43.4 Å². The van der Waals surface area contributed by atoms with Crippen molar-refractivity contribution in [2.24, 2.45) is 5.92 Å². The first-order valence-corrected chi connectivity index (χ1v) is 12.0. The molecule has 2 aliphatic rings. The molecule has 0 radical (unpaired) electrons. The van der Waals surface area contributed by atoms with Gasteiger partial charge in [-0.2, -0.15) is 0 Å². The predicted octanol–water partition coefficient (Wildman–Crippen LogP) is 4.40. The molecule has 0 saturated heterocycles. The van der Waals surface area contributed by atoms with E-state index in [1.54, 1.807) is 0 Å². The number of halogens is 1. The van der Waals surface area contributed by atoms with Crippen LogP contribution in [0.15, 0.2) is 47.4 Å². The van der Waals surface area contributed by atoms with Crippen LogP contribution in [0.3, 0.4) is 0 Å². The minimum Gasteiger partial charge on any atom is -0.352 e. The summed E-state index contributed by atoms with van der Waals surface area (Å²) in [5.74, 6) is 0.174. The summed E-state index contributed by atoms with van der Waals surface area (Å²) in [5, 5.41) is 3.18. The van der Waals surface area contributed by atoms with Gasteiger partial charge in [0.15, 0.2) is 0 Å². The summed E-state index contributed by atoms with van der Waals surface area (Å²) in [6, 6.07) is 11.9. The van der Waals surface area contributed by atoms with Gasteiger partial charge in [0.05, 0.1) is 21.2 Å². The Labute approximate surface area is 177 Å². The molecule has 1 aliphatic heterocycles. The zero-order valence-corrected chi connectivity index (χ0v) is 17.8. The van der Waals surface area contributed by atoms with E-state index in [0.29, 0.717) is 24.7 Å². The summed E-state index contributed by atoms with van der Waals surface area (Å²) in [5.41, 5.74) is 1.93. The van der Waals surface area contributed by atoms with Crippen molar-refractivity contribution in [1.82, 2.24) is 5.32 Å². The topological polar surface area (TPSA) is 66.5 Å². The molecule has 1 amide bonds. The lowest BCUT2D eigenvalue weighted by Crippen LogP contribution is -2.35. The molecule has 0 atom stereocenters. The molecule has 0 aromatic heterocycles. The third-order valence-electron chi connectivity index (χ3n) is 5.86. The number of carbonyl (C=O) groups excluding carboxylic acids is 1. The summed E-state index contributed by atoms with van der Waals surface area (Å²) in [4.78, 5) is 12.8. The standard InChI is InChI=1S/C22H25ClN2O3S/c23-20-12-11-18(14-19(20)22(26)24-15-16-6-1-2-7-16)29(27,28)25-13-5-9-17-8-3-4-10-21(17)25/h3-4,8,10-12,14,16H,1-2,5-7,9,13,15H2,(H,24,26). The SMILES string of the molecule is O=C(NCC1CCCC1)c1cc(S(=O)(=O)N2CCCc3ccccc32)ccc1Cl. The van der Waals surface area contributed by atoms with E-state index < -0.39 is 10.0 Å². The molecule has 1 heterocycles. The van der Waals surface area contributed by atoms with E-state index in [9.17, 15) is 13.2 Å². The van der Waals surface area contributed by atoms with Gasteiger partial charge in [-0.1, -0.05) is 42.6 Å². The molecule has 4 rings (SSSR count). The quantitative estimate of drug-likeness (QED) is 0.761. The molecule has 1 saturated carbocycles. The molecule has 1 aliphatic carbocycles. The molecular formula is C22H25ClN2O3S. The monoisotopic (exact) mass is 432 g/mol. The first kappa shape index (κ1) is 20.2. The van der Waals surface area contributed by atoms with Crippen molar-refractivity contribution >= 4 is 33.2 Å². The van der Waals surface area contributed by atoms with Gasteiger partial charge >= 0.3 is 0 Å². The Kier molecular flexibility index (Phi) is 5.83. The zero-order valence-electron chi connectivity index (χ0n) is 16.2. The van der Waals surface area contributed by atoms with Crippen LogP contribution in [-0.4, -0.2) is 27.4 Å². The molecule has 0 unspecified atom stereocenters. The number of hydrogen-bond acceptors (Lipinski definition) is 3. The van der Waals surface area contributed by atoms with Gasteiger partial charge in [-0.15, -0.1) is 0 Å². The summed E-state index contributed by atoms with van der Waals surface area (Å²) < 4.78 is 28.1. The second-order valence-corrected chi connectivity index (χ2v) is 10.1. The van der Waals surface area contributed by atoms with E-state index >= 15 is 0 Å². The number of fused-ring (bicyclic) bond motifs is 1. The molecule has 2 aromatic carbocycles. The van der Waals surface area contributed by atoms with Gasteiger partial charge < -0.3 is 5.32 Å². The van der Waals surface area contributed by atoms with Crippen LogP contribution in [0.4, 0.5) is 5.69 Å². The molecule has 7 heteroatoms. The lowest BCUT2D eigenvalue weighted by molar-refractivity contribution is 0.0947. The van der Waals surface area contributed by atoms with E-state index in [4.69, 9.17) is 11.6 Å². The summed E-state index contributed by atoms with van der Waals surface area (Å²) in [6.45, 7) is 1.02. The van der Waals surface area contributed by atoms with Crippen LogP contribution in [-0.2, 0) is 16.4 Å². The fourth-order valence-corrected chi connectivity index (χ4v) is 6.03. The molecule has 0 spiro atoms. The van der Waals surface area contributed by atoms with Crippen molar-refractivity contribution < 1.29 is 13.2 Å². The van der Waals surface area contributed by atoms with Gasteiger partial charge in [0.2, 0.25) is 0 Å². The highest BCUT2D eigenvalue weighted by Crippen LogP contribution is 2.33. The Hall–Kier alpha value is -2.05. The van der Waals surface area contributed by atoms with Gasteiger partial charge in [0.1, 0.15) is 0 Å². The normalized spacial score (nSPS) is 17.2. The number of nitrogens with zero attached hydrogens (tertiary/aromatic N) is 1. The van der Waals surface area contributed by atoms with Gasteiger partial charge in [-0.25, -0.2) is 8.42 Å². The minimum atomic E-state index is -3.78. The number of nitrogens with one attached hydrogen (secondary N) is 1. The van der Waals surface area contributed by atoms with Crippen molar-refractivity contribution in [1.29, 1.82) is 0 Å². The first-order valence-electron chi connectivity index (χ1n) is 10.2. The first-order chi connectivity index (χ1) is 14.0. The second-order valence-electron chi connectivity index (χ2n) is 7.81. The van der Waals surface area contributed by atoms with E-state index in [0.717, 1.165) is 31.2 Å². The van der Waals surface area contributed by atoms with Crippen LogP contribution < -0.4 is 9.62 Å². The van der Waals surface area contributed by atoms with E-state index in [2.05, 4.69) is 5.32 Å². The van der Waals surface area contributed by atoms with Gasteiger partial charge in [-0.05, 0) is 61.4 Å². The lowest BCUT2D eigenvalue weighted by Gasteiger charge is -2.30. The summed E-state index contributed by atoms with van der Waals surface area (Å²) in [7, 11) is -3.78. The number of anilines is 1. The summed E-state index contributed by atoms with van der Waals surface area (Å²) in [6.07, 6.45) is 6.27. The lowest BCUT2D eigenvalue weighted by atomic mass is 10.0. The fourth-order valence-electron chi connectivity index (χ4n) is 4.26. The maximum absolute atomic E-state index is 13.4. The molecule has 2 aromatic rings. The second kappa shape index (κ2) is 8.36. The fraction of sp³-hybridized carbons (Fsp3) is 0.409. The number of para-hydroxylation sites is 1. The summed E-state index contributed by atoms with van der Waals surface area (Å²) >= 11 is 6.23. The van der Waals surface area contributed by atoms with Crippen molar-refractivity contribution in [3.05, 3.63) is 58.6 Å². The highest BCUT2D eigenvalue weighted by atomic mass is 35.5. The number of rotatable bonds is 5. The number of carbonyl (C=O) groups is 1. The smallest absolute Gasteiger partial charge is 0.264 e. The number of sulfonamides is 1. The Morgan fingerprint density at radius 3 is 2.66 bits per heavy atom. The molecule has 1 N–H and O–H groups in total. The van der Waals surface area contributed by atoms with Crippen LogP contribution in [0, 0.1) is 5.92 Å². The number of benzene rings is 2. The van der Waals surface area contributed by atoms with Crippen molar-refractivity contribution in [2.75, 3.05) is 17.4 Å². The number of amides is 1. The number of hydrogen-bond donors (Lipinski definition) is 1. The zero-order chi connectivity index (χ0) is 20.4. The van der Waals surface area contributed by atoms with Crippen LogP contribution >= 0.6 is 11.6 Å². The molecule has 1 fully saturated rings. The predicted molar refractivity (Wildman–Crippen MR) is 115 cm³/mol. The third kappa shape index (κ3) is 4.14. The van der Waals surface area contributed by atoms with E-state index in [1.807, 2.05) is 24.3 Å². The highest BCUT2D eigenvalue weighted by Gasteiger charge is 2.30. The third-order valence-corrected chi connectivity index (χ3v) is 8.00. The molecular weight excluding hydrogens is 408 g/mol. The van der Waals surface area contributed by atoms with Crippen LogP contribution in [0.1, 0.15) is 48.0 Å². The van der Waals surface area contributed by atoms with Gasteiger partial charge in [0, 0.05) is 13.1 Å². The number of aryl methyl sites for hydroxylation is 1. The van der Waals surface area contributed by atoms with Gasteiger partial charge in [-0.3, -0.25) is 9.10 Å². The van der Waals surface area contributed by atoms with Crippen molar-refractivity contribution in [3.63, 3.8) is 0 Å². The highest BCUT2D eigenvalue weighted by molar-refractivity contribution is 7.92. The van der Waals surface area contributed by atoms with E-state index in [-0.39, 0.29) is 21.4 Å². The Bertz CT molecular complexity index is 1020. The van der Waals surface area contributed by atoms with E-state index in [1.165, 1.54) is 35.3 Å². The van der Waals surface area contributed by atoms with Crippen LogP contribution in [0.5, 0.6) is 0 Å². The molecule has 154 valence electrons. The molecule has 0 bridgehead atoms. The molecule has 5 nitrogen and oxygen atoms in total. The maximum Gasteiger partial charge on any atom is 0.264 e. The average molecular weight is 433 g/mol. The molecule has 29 heavy (non-hydrogen) atoms. The van der Waals surface area contributed by atoms with Crippen LogP contribution in [0.2, 0.25) is 5.02 Å². The maximum atomic E-state index is 13.4. The average Bonchev–Trinajstić information content (AvgIpc) is 3.25. The van der Waals surface area contributed by atoms with Gasteiger partial charge in [0.25, 0.3) is 15.9 Å². The Morgan fingerprint density at radius 2 is 1.86 bits per heavy atom. The largest absolute Gasteiger partial charge is 0.352 e. The van der Waals surface area contributed by atoms with Crippen molar-refractivity contribution in [3.8, 4) is 0 Å². The Balaban J connectivity index is 1.60. The minimum absolute atomic E-state index is 0.0876. The van der Waals surface area contributed by atoms with Crippen LogP contribution in [0.25, 0.3) is 0 Å².